The van der Waals surface area contributed by atoms with Crippen molar-refractivity contribution in [1.82, 2.24) is 9.88 Å². The molecule has 9 nitrogen and oxygen atoms in total. The zero-order valence-electron chi connectivity index (χ0n) is 17.1. The van der Waals surface area contributed by atoms with Crippen molar-refractivity contribution in [2.24, 2.45) is 9.98 Å². The van der Waals surface area contributed by atoms with E-state index in [0.29, 0.717) is 31.6 Å². The highest BCUT2D eigenvalue weighted by molar-refractivity contribution is 5.97. The molecule has 3 heterocycles. The summed E-state index contributed by atoms with van der Waals surface area (Å²) in [5, 5.41) is 12.5. The van der Waals surface area contributed by atoms with E-state index in [1.807, 2.05) is 4.90 Å². The second-order valence-corrected chi connectivity index (χ2v) is 7.45. The molecule has 32 heavy (non-hydrogen) atoms. The number of nitrogens with zero attached hydrogens (tertiary/aromatic N) is 4. The number of hydrogen-bond donors (Lipinski definition) is 2. The molecular weight excluding hydrogens is 424 g/mol. The van der Waals surface area contributed by atoms with Crippen LogP contribution in [0.5, 0.6) is 5.75 Å². The molecule has 0 aliphatic carbocycles. The number of nitrogens with one attached hydrogen (secondary N) is 1. The van der Waals surface area contributed by atoms with Crippen LogP contribution in [0.1, 0.15) is 16.8 Å². The van der Waals surface area contributed by atoms with Gasteiger partial charge in [0.15, 0.2) is 17.4 Å². The smallest absolute Gasteiger partial charge is 0.341 e. The van der Waals surface area contributed by atoms with E-state index in [1.54, 1.807) is 4.57 Å². The second kappa shape index (κ2) is 8.87. The number of carbonyl (C=O) groups is 1. The lowest BCUT2D eigenvalue weighted by atomic mass is 10.1. The molecule has 0 spiro atoms. The molecule has 168 valence electrons. The summed E-state index contributed by atoms with van der Waals surface area (Å²) < 4.78 is 35.8. The Kier molecular flexibility index (Phi) is 5.99. The van der Waals surface area contributed by atoms with Gasteiger partial charge in [0.05, 0.1) is 36.5 Å². The number of anilines is 1. The van der Waals surface area contributed by atoms with Crippen LogP contribution in [-0.2, 0) is 6.54 Å². The monoisotopic (exact) mass is 445 g/mol. The molecular formula is C21H21F2N5O4. The average molecular weight is 445 g/mol. The minimum atomic E-state index is -1.36. The third-order valence-electron chi connectivity index (χ3n) is 5.46. The zero-order chi connectivity index (χ0) is 22.8. The lowest BCUT2D eigenvalue weighted by molar-refractivity contribution is 0.0694. The number of aromatic nitrogens is 1. The number of hydrogen-bond acceptors (Lipinski definition) is 7. The summed E-state index contributed by atoms with van der Waals surface area (Å²) in [6.07, 6.45) is 3.97. The van der Waals surface area contributed by atoms with Crippen LogP contribution < -0.4 is 20.4 Å². The maximum absolute atomic E-state index is 15.2. The standard InChI is InChI=1S/C21H21F2N5O4/c1-24-7-12(22)8-25-11-26-13-2-3-27(9-13)18-16(23)6-14-17-20(18)32-5-4-28(17)10-15(19(14)29)21(30)31/h6-8,10,13,26H,1-5,9,11H2,(H,30,31)/b12-7+,25-8-. The van der Waals surface area contributed by atoms with Crippen molar-refractivity contribution in [3.05, 3.63) is 45.9 Å². The number of pyridine rings is 1. The first-order valence-corrected chi connectivity index (χ1v) is 9.96. The van der Waals surface area contributed by atoms with Crippen LogP contribution in [0.15, 0.2) is 39.1 Å². The van der Waals surface area contributed by atoms with Crippen LogP contribution in [0.25, 0.3) is 10.9 Å². The van der Waals surface area contributed by atoms with Crippen LogP contribution in [0.2, 0.25) is 0 Å². The van der Waals surface area contributed by atoms with Gasteiger partial charge in [0.1, 0.15) is 17.9 Å². The SMILES string of the molecule is C=N/C=C(F)\C=N/CNC1CCN(c2c(F)cc3c(=O)c(C(=O)O)cn4c3c2OCC4)C1. The van der Waals surface area contributed by atoms with Gasteiger partial charge in [-0.25, -0.2) is 13.6 Å². The number of benzene rings is 1. The number of allylic oxidation sites excluding steroid dienone is 1. The van der Waals surface area contributed by atoms with Crippen LogP contribution in [-0.4, -0.2) is 61.0 Å². The van der Waals surface area contributed by atoms with E-state index >= 15 is 4.39 Å². The minimum Gasteiger partial charge on any atom is -0.487 e. The molecule has 2 aliphatic rings. The molecule has 11 heteroatoms. The topological polar surface area (TPSA) is 109 Å². The Morgan fingerprint density at radius 3 is 3.00 bits per heavy atom. The molecule has 1 fully saturated rings. The lowest BCUT2D eigenvalue weighted by Gasteiger charge is -2.28. The van der Waals surface area contributed by atoms with Crippen LogP contribution in [0.3, 0.4) is 0 Å². The molecule has 1 unspecified atom stereocenters. The number of rotatable bonds is 7. The van der Waals surface area contributed by atoms with Gasteiger partial charge < -0.3 is 19.3 Å². The largest absolute Gasteiger partial charge is 0.487 e. The molecule has 1 aromatic heterocycles. The van der Waals surface area contributed by atoms with Crippen molar-refractivity contribution >= 4 is 35.5 Å². The van der Waals surface area contributed by atoms with Crippen molar-refractivity contribution in [1.29, 1.82) is 0 Å². The van der Waals surface area contributed by atoms with E-state index in [2.05, 4.69) is 22.0 Å². The van der Waals surface area contributed by atoms with E-state index in [0.717, 1.165) is 18.5 Å². The van der Waals surface area contributed by atoms with Gasteiger partial charge in [-0.3, -0.25) is 20.1 Å². The molecule has 2 N–H and O–H groups in total. The molecule has 2 aliphatic heterocycles. The number of aromatic carboxylic acids is 1. The highest BCUT2D eigenvalue weighted by atomic mass is 19.1. The Bertz CT molecular complexity index is 1210. The first-order chi connectivity index (χ1) is 15.4. The highest BCUT2D eigenvalue weighted by Gasteiger charge is 2.31. The Labute approximate surface area is 181 Å². The molecule has 1 atom stereocenters. The van der Waals surface area contributed by atoms with Crippen molar-refractivity contribution in [3.63, 3.8) is 0 Å². The quantitative estimate of drug-likeness (QED) is 0.631. The van der Waals surface area contributed by atoms with Gasteiger partial charge in [-0.05, 0) is 19.2 Å². The average Bonchev–Trinajstić information content (AvgIpc) is 3.21. The Balaban J connectivity index is 1.60. The third kappa shape index (κ3) is 3.98. The summed E-state index contributed by atoms with van der Waals surface area (Å²) in [5.74, 6) is -2.38. The molecule has 1 aromatic carbocycles. The van der Waals surface area contributed by atoms with Crippen molar-refractivity contribution in [3.8, 4) is 5.75 Å². The Morgan fingerprint density at radius 2 is 2.25 bits per heavy atom. The van der Waals surface area contributed by atoms with Crippen LogP contribution in [0.4, 0.5) is 14.5 Å². The molecule has 0 radical (unpaired) electrons. The van der Waals surface area contributed by atoms with Gasteiger partial charge in [0.2, 0.25) is 5.43 Å². The maximum Gasteiger partial charge on any atom is 0.341 e. The summed E-state index contributed by atoms with van der Waals surface area (Å²) in [7, 11) is 0. The molecule has 1 saturated heterocycles. The highest BCUT2D eigenvalue weighted by Crippen LogP contribution is 2.41. The van der Waals surface area contributed by atoms with Crippen molar-refractivity contribution in [2.75, 3.05) is 31.3 Å². The molecule has 0 amide bonds. The molecule has 0 saturated carbocycles. The second-order valence-electron chi connectivity index (χ2n) is 7.45. The predicted octanol–water partition coefficient (Wildman–Crippen LogP) is 1.94. The number of ether oxygens (including phenoxy) is 1. The maximum atomic E-state index is 15.2. The van der Waals surface area contributed by atoms with Gasteiger partial charge in [-0.15, -0.1) is 0 Å². The normalized spacial score (nSPS) is 18.4. The van der Waals surface area contributed by atoms with Crippen LogP contribution in [0, 0.1) is 5.82 Å². The number of carboxylic acid groups (broad SMARTS) is 1. The molecule has 0 bridgehead atoms. The summed E-state index contributed by atoms with van der Waals surface area (Å²) in [5.41, 5.74) is -0.514. The first kappa shape index (κ1) is 21.6. The zero-order valence-corrected chi connectivity index (χ0v) is 17.1. The van der Waals surface area contributed by atoms with E-state index in [4.69, 9.17) is 4.74 Å². The van der Waals surface area contributed by atoms with Crippen LogP contribution >= 0.6 is 0 Å². The fourth-order valence-corrected chi connectivity index (χ4v) is 4.06. The molecule has 4 rings (SSSR count). The fourth-order valence-electron chi connectivity index (χ4n) is 4.06. The van der Waals surface area contributed by atoms with Gasteiger partial charge in [0, 0.05) is 25.3 Å². The van der Waals surface area contributed by atoms with Gasteiger partial charge in [-0.1, -0.05) is 0 Å². The Morgan fingerprint density at radius 1 is 1.44 bits per heavy atom. The van der Waals surface area contributed by atoms with E-state index < -0.39 is 28.6 Å². The lowest BCUT2D eigenvalue weighted by Crippen LogP contribution is -2.33. The summed E-state index contributed by atoms with van der Waals surface area (Å²) in [6, 6.07) is 1.07. The van der Waals surface area contributed by atoms with Gasteiger partial charge >= 0.3 is 5.97 Å². The fraction of sp³-hybridized carbons (Fsp3) is 0.333. The summed E-state index contributed by atoms with van der Waals surface area (Å²) in [4.78, 5) is 33.1. The number of carboxylic acids is 1. The van der Waals surface area contributed by atoms with E-state index in [9.17, 15) is 19.1 Å². The minimum absolute atomic E-state index is 0.0146. The van der Waals surface area contributed by atoms with Gasteiger partial charge in [-0.2, -0.15) is 0 Å². The summed E-state index contributed by atoms with van der Waals surface area (Å²) >= 11 is 0. The van der Waals surface area contributed by atoms with Gasteiger partial charge in [0.25, 0.3) is 0 Å². The van der Waals surface area contributed by atoms with Crippen molar-refractivity contribution in [2.45, 2.75) is 19.0 Å². The van der Waals surface area contributed by atoms with E-state index in [1.165, 1.54) is 6.20 Å². The van der Waals surface area contributed by atoms with Crippen molar-refractivity contribution < 1.29 is 23.4 Å². The number of halogens is 2. The molecule has 2 aromatic rings. The first-order valence-electron chi connectivity index (χ1n) is 9.96. The third-order valence-corrected chi connectivity index (χ3v) is 5.46. The Hall–Kier alpha value is -3.60. The summed E-state index contributed by atoms with van der Waals surface area (Å²) in [6.45, 7) is 4.91. The predicted molar refractivity (Wildman–Crippen MR) is 116 cm³/mol. The number of aliphatic imine (C=N–C) groups is 2. The van der Waals surface area contributed by atoms with E-state index in [-0.39, 0.29) is 36.1 Å².